The van der Waals surface area contributed by atoms with Crippen molar-refractivity contribution in [2.24, 2.45) is 0 Å². The summed E-state index contributed by atoms with van der Waals surface area (Å²) in [6.45, 7) is 2.39. The molecule has 0 radical (unpaired) electrons. The number of hydrogen-bond donors (Lipinski definition) is 1. The molecule has 5 nitrogen and oxygen atoms in total. The van der Waals surface area contributed by atoms with E-state index in [-0.39, 0.29) is 17.2 Å². The van der Waals surface area contributed by atoms with Crippen molar-refractivity contribution >= 4 is 44.4 Å². The van der Waals surface area contributed by atoms with Crippen molar-refractivity contribution in [3.05, 3.63) is 79.6 Å². The third-order valence-corrected chi connectivity index (χ3v) is 6.20. The van der Waals surface area contributed by atoms with Crippen LogP contribution in [0, 0.1) is 0 Å². The first-order chi connectivity index (χ1) is 14.5. The van der Waals surface area contributed by atoms with E-state index >= 15 is 0 Å². The molecule has 1 aliphatic heterocycles. The topological polar surface area (TPSA) is 62.6 Å². The Balaban J connectivity index is 1.55. The normalized spacial score (nSPS) is 15.8. The van der Waals surface area contributed by atoms with Crippen LogP contribution in [0.1, 0.15) is 41.4 Å². The van der Waals surface area contributed by atoms with Gasteiger partial charge in [0.1, 0.15) is 5.58 Å². The lowest BCUT2D eigenvalue weighted by molar-refractivity contribution is 0.0897. The van der Waals surface area contributed by atoms with E-state index in [1.54, 1.807) is 18.2 Å². The van der Waals surface area contributed by atoms with Gasteiger partial charge in [-0.1, -0.05) is 46.1 Å². The number of nitrogens with one attached hydrogen (secondary N) is 1. The number of piperidine rings is 1. The second-order valence-corrected chi connectivity index (χ2v) is 8.84. The molecule has 1 amide bonds. The highest BCUT2D eigenvalue weighted by atomic mass is 79.9. The lowest BCUT2D eigenvalue weighted by Crippen LogP contribution is -2.40. The summed E-state index contributed by atoms with van der Waals surface area (Å²) in [5.74, 6) is -0.385. The van der Waals surface area contributed by atoms with Gasteiger partial charge in [-0.15, -0.1) is 0 Å². The molecule has 0 unspecified atom stereocenters. The minimum atomic E-state index is -0.398. The number of nitrogens with zero attached hydrogens (tertiary/aromatic N) is 1. The lowest BCUT2D eigenvalue weighted by Gasteiger charge is -2.35. The summed E-state index contributed by atoms with van der Waals surface area (Å²) in [5.41, 5.74) is 1.25. The van der Waals surface area contributed by atoms with E-state index in [2.05, 4.69) is 26.1 Å². The van der Waals surface area contributed by atoms with E-state index < -0.39 is 5.91 Å². The Kier molecular flexibility index (Phi) is 6.56. The van der Waals surface area contributed by atoms with Crippen molar-refractivity contribution in [2.75, 3.05) is 19.6 Å². The number of likely N-dealkylation sites (tertiary alicyclic amines) is 1. The Morgan fingerprint density at radius 2 is 1.83 bits per heavy atom. The SMILES string of the molecule is O=C(NC[C@H](c1ccc(Cl)cc1)N1CCCCC1)c1cc(=O)c2ccc(Br)cc2o1. The number of halogens is 2. The molecule has 1 N–H and O–H groups in total. The fraction of sp³-hybridized carbons (Fsp3) is 0.304. The molecule has 1 aliphatic rings. The van der Waals surface area contributed by atoms with E-state index in [1.165, 1.54) is 12.5 Å². The Morgan fingerprint density at radius 1 is 1.10 bits per heavy atom. The predicted molar refractivity (Wildman–Crippen MR) is 122 cm³/mol. The van der Waals surface area contributed by atoms with Crippen LogP contribution in [0.5, 0.6) is 0 Å². The summed E-state index contributed by atoms with van der Waals surface area (Å²) in [7, 11) is 0. The average molecular weight is 490 g/mol. The van der Waals surface area contributed by atoms with Crippen LogP contribution in [0.25, 0.3) is 11.0 Å². The van der Waals surface area contributed by atoms with Gasteiger partial charge in [-0.2, -0.15) is 0 Å². The Morgan fingerprint density at radius 3 is 2.57 bits per heavy atom. The number of benzene rings is 2. The minimum Gasteiger partial charge on any atom is -0.451 e. The van der Waals surface area contributed by atoms with Gasteiger partial charge in [0.05, 0.1) is 11.4 Å². The van der Waals surface area contributed by atoms with E-state index in [1.807, 2.05) is 24.3 Å². The van der Waals surface area contributed by atoms with Crippen LogP contribution in [0.4, 0.5) is 0 Å². The summed E-state index contributed by atoms with van der Waals surface area (Å²) < 4.78 is 6.49. The van der Waals surface area contributed by atoms with Gasteiger partial charge in [0, 0.05) is 22.1 Å². The zero-order valence-electron chi connectivity index (χ0n) is 16.4. The van der Waals surface area contributed by atoms with E-state index in [0.717, 1.165) is 36.0 Å². The largest absolute Gasteiger partial charge is 0.451 e. The second kappa shape index (κ2) is 9.33. The number of hydrogen-bond acceptors (Lipinski definition) is 4. The maximum Gasteiger partial charge on any atom is 0.287 e. The molecule has 4 rings (SSSR count). The Hall–Kier alpha value is -2.15. The Bertz CT molecular complexity index is 1110. The molecular weight excluding hydrogens is 468 g/mol. The summed E-state index contributed by atoms with van der Waals surface area (Å²) in [6, 6.07) is 14.2. The van der Waals surface area contributed by atoms with Crippen molar-refractivity contribution in [3.8, 4) is 0 Å². The van der Waals surface area contributed by atoms with Gasteiger partial charge in [0.15, 0.2) is 11.2 Å². The van der Waals surface area contributed by atoms with Crippen LogP contribution in [-0.2, 0) is 0 Å². The molecule has 2 heterocycles. The quantitative estimate of drug-likeness (QED) is 0.537. The number of carbonyl (C=O) groups excluding carboxylic acids is 1. The van der Waals surface area contributed by atoms with Crippen molar-refractivity contribution < 1.29 is 9.21 Å². The van der Waals surface area contributed by atoms with Gasteiger partial charge in [-0.3, -0.25) is 14.5 Å². The molecule has 30 heavy (non-hydrogen) atoms. The number of amides is 1. The molecule has 0 bridgehead atoms. The molecule has 2 aromatic carbocycles. The zero-order chi connectivity index (χ0) is 21.1. The minimum absolute atomic E-state index is 0.0131. The van der Waals surface area contributed by atoms with Crippen LogP contribution in [0.2, 0.25) is 5.02 Å². The first kappa shape index (κ1) is 21.1. The molecule has 1 fully saturated rings. The van der Waals surface area contributed by atoms with E-state index in [9.17, 15) is 9.59 Å². The zero-order valence-corrected chi connectivity index (χ0v) is 18.7. The summed E-state index contributed by atoms with van der Waals surface area (Å²) in [6.07, 6.45) is 3.52. The van der Waals surface area contributed by atoms with Gasteiger partial charge in [0.25, 0.3) is 5.91 Å². The highest BCUT2D eigenvalue weighted by molar-refractivity contribution is 9.10. The summed E-state index contributed by atoms with van der Waals surface area (Å²) >= 11 is 9.42. The summed E-state index contributed by atoms with van der Waals surface area (Å²) in [5, 5.41) is 4.09. The lowest BCUT2D eigenvalue weighted by atomic mass is 10.0. The van der Waals surface area contributed by atoms with Gasteiger partial charge in [-0.25, -0.2) is 0 Å². The molecule has 0 aliphatic carbocycles. The predicted octanol–water partition coefficient (Wildman–Crippen LogP) is 5.17. The third-order valence-electron chi connectivity index (χ3n) is 5.46. The van der Waals surface area contributed by atoms with Crippen molar-refractivity contribution in [3.63, 3.8) is 0 Å². The third kappa shape index (κ3) is 4.77. The Labute approximate surface area is 188 Å². The van der Waals surface area contributed by atoms with Crippen molar-refractivity contribution in [1.29, 1.82) is 0 Å². The highest BCUT2D eigenvalue weighted by Gasteiger charge is 2.23. The van der Waals surface area contributed by atoms with Gasteiger partial charge >= 0.3 is 0 Å². The van der Waals surface area contributed by atoms with Crippen molar-refractivity contribution in [1.82, 2.24) is 10.2 Å². The number of rotatable bonds is 5. The van der Waals surface area contributed by atoms with Crippen molar-refractivity contribution in [2.45, 2.75) is 25.3 Å². The number of fused-ring (bicyclic) bond motifs is 1. The van der Waals surface area contributed by atoms with Crippen LogP contribution >= 0.6 is 27.5 Å². The highest BCUT2D eigenvalue weighted by Crippen LogP contribution is 2.25. The van der Waals surface area contributed by atoms with Crippen LogP contribution < -0.4 is 10.7 Å². The van der Waals surface area contributed by atoms with E-state index in [0.29, 0.717) is 22.5 Å². The summed E-state index contributed by atoms with van der Waals surface area (Å²) in [4.78, 5) is 27.6. The monoisotopic (exact) mass is 488 g/mol. The average Bonchev–Trinajstić information content (AvgIpc) is 2.75. The van der Waals surface area contributed by atoms with Gasteiger partial charge in [-0.05, 0) is 61.8 Å². The standard InChI is InChI=1S/C23H22BrClN2O3/c24-16-6-9-18-20(28)13-22(30-21(18)12-16)23(29)26-14-19(27-10-2-1-3-11-27)15-4-7-17(25)8-5-15/h4-9,12-13,19H,1-3,10-11,14H2,(H,26,29)/t19-/m1/s1. The van der Waals surface area contributed by atoms with Gasteiger partial charge in [0.2, 0.25) is 0 Å². The maximum absolute atomic E-state index is 12.8. The van der Waals surface area contributed by atoms with Gasteiger partial charge < -0.3 is 9.73 Å². The first-order valence-corrected chi connectivity index (χ1v) is 11.2. The fourth-order valence-corrected chi connectivity index (χ4v) is 4.36. The molecule has 1 aromatic heterocycles. The van der Waals surface area contributed by atoms with E-state index in [4.69, 9.17) is 16.0 Å². The molecule has 1 atom stereocenters. The molecule has 1 saturated heterocycles. The van der Waals surface area contributed by atoms with Crippen LogP contribution in [-0.4, -0.2) is 30.4 Å². The molecular formula is C23H22BrClN2O3. The molecule has 156 valence electrons. The molecule has 3 aromatic rings. The molecule has 0 spiro atoms. The molecule has 0 saturated carbocycles. The second-order valence-electron chi connectivity index (χ2n) is 7.49. The smallest absolute Gasteiger partial charge is 0.287 e. The fourth-order valence-electron chi connectivity index (χ4n) is 3.89. The molecule has 7 heteroatoms. The maximum atomic E-state index is 12.8. The van der Waals surface area contributed by atoms with Crippen LogP contribution in [0.3, 0.4) is 0 Å². The van der Waals surface area contributed by atoms with Crippen LogP contribution in [0.15, 0.2) is 62.2 Å². The first-order valence-electron chi connectivity index (χ1n) is 10.0. The number of carbonyl (C=O) groups is 1.